The lowest BCUT2D eigenvalue weighted by Gasteiger charge is -2.25. The van der Waals surface area contributed by atoms with Crippen LogP contribution >= 0.6 is 11.8 Å². The van der Waals surface area contributed by atoms with Crippen molar-refractivity contribution in [3.8, 4) is 0 Å². The summed E-state index contributed by atoms with van der Waals surface area (Å²) in [6.45, 7) is 0.313. The van der Waals surface area contributed by atoms with Gasteiger partial charge in [0.05, 0.1) is 6.04 Å². The van der Waals surface area contributed by atoms with Crippen molar-refractivity contribution < 1.29 is 24.3 Å². The molecule has 0 spiro atoms. The summed E-state index contributed by atoms with van der Waals surface area (Å²) in [5.74, 6) is -2.47. The van der Waals surface area contributed by atoms with Crippen molar-refractivity contribution in [1.29, 1.82) is 0 Å². The number of carbonyl (C=O) groups is 4. The summed E-state index contributed by atoms with van der Waals surface area (Å²) in [5, 5.41) is 18.9. The largest absolute Gasteiger partial charge is 0.480 e. The molecular weight excluding hydrogens is 596 g/mol. The zero-order valence-electron chi connectivity index (χ0n) is 25.2. The summed E-state index contributed by atoms with van der Waals surface area (Å²) in [6.07, 6.45) is 4.79. The molecule has 4 unspecified atom stereocenters. The van der Waals surface area contributed by atoms with Gasteiger partial charge in [0.15, 0.2) is 5.96 Å². The third-order valence-corrected chi connectivity index (χ3v) is 7.82. The number of aromatic amines is 1. The number of aromatic nitrogens is 1. The van der Waals surface area contributed by atoms with Crippen molar-refractivity contribution in [3.63, 3.8) is 0 Å². The number of amides is 3. The average molecular weight is 639 g/mol. The van der Waals surface area contributed by atoms with Crippen LogP contribution in [0.1, 0.15) is 30.4 Å². The Morgan fingerprint density at radius 3 is 2.20 bits per heavy atom. The summed E-state index contributed by atoms with van der Waals surface area (Å²) < 4.78 is 0. The van der Waals surface area contributed by atoms with E-state index in [0.717, 1.165) is 22.0 Å². The Morgan fingerprint density at radius 1 is 0.867 bits per heavy atom. The first-order valence-electron chi connectivity index (χ1n) is 14.6. The van der Waals surface area contributed by atoms with Crippen molar-refractivity contribution in [2.24, 2.45) is 22.2 Å². The molecule has 4 atom stereocenters. The number of nitrogens with zero attached hydrogens (tertiary/aromatic N) is 1. The number of aliphatic imine (C=N–C) groups is 1. The molecule has 0 bridgehead atoms. The number of carbonyl (C=O) groups excluding carboxylic acids is 3. The van der Waals surface area contributed by atoms with Gasteiger partial charge in [0, 0.05) is 36.5 Å². The van der Waals surface area contributed by atoms with E-state index in [1.165, 1.54) is 11.8 Å². The number of nitrogens with two attached hydrogens (primary N) is 3. The number of thioether (sulfide) groups is 1. The van der Waals surface area contributed by atoms with E-state index in [-0.39, 0.29) is 25.2 Å². The van der Waals surface area contributed by atoms with E-state index < -0.39 is 47.9 Å². The highest BCUT2D eigenvalue weighted by Gasteiger charge is 2.31. The highest BCUT2D eigenvalue weighted by Crippen LogP contribution is 2.19. The average Bonchev–Trinajstić information content (AvgIpc) is 3.43. The standard InChI is InChI=1S/C31H42N8O5S/c1-45-15-13-24(37-27(40)22(32)11-7-14-35-31(33)34)28(41)38-25(16-19-8-3-2-4-9-19)29(42)39-26(30(43)44)17-20-18-36-23-12-6-5-10-21(20)23/h2-6,8-10,12,18,22,24-26,36H,7,11,13-17,32H2,1H3,(H,37,40)(H,38,41)(H,39,42)(H,43,44)(H4,33,34,35). The number of hydrogen-bond donors (Lipinski definition) is 8. The van der Waals surface area contributed by atoms with Crippen molar-refractivity contribution in [1.82, 2.24) is 20.9 Å². The highest BCUT2D eigenvalue weighted by molar-refractivity contribution is 7.98. The van der Waals surface area contributed by atoms with E-state index in [1.54, 1.807) is 30.5 Å². The summed E-state index contributed by atoms with van der Waals surface area (Å²) >= 11 is 1.50. The van der Waals surface area contributed by atoms with Gasteiger partial charge in [-0.25, -0.2) is 4.79 Å². The predicted molar refractivity (Wildman–Crippen MR) is 176 cm³/mol. The maximum atomic E-state index is 13.6. The number of hydrogen-bond acceptors (Lipinski definition) is 7. The molecule has 0 aliphatic heterocycles. The molecule has 13 nitrogen and oxygen atoms in total. The predicted octanol–water partition coefficient (Wildman–Crippen LogP) is 0.626. The molecule has 0 radical (unpaired) electrons. The first-order valence-corrected chi connectivity index (χ1v) is 16.0. The van der Waals surface area contributed by atoms with Gasteiger partial charge in [-0.2, -0.15) is 11.8 Å². The van der Waals surface area contributed by atoms with Crippen LogP contribution in [-0.2, 0) is 32.0 Å². The van der Waals surface area contributed by atoms with Gasteiger partial charge in [-0.15, -0.1) is 0 Å². The maximum absolute atomic E-state index is 13.6. The lowest BCUT2D eigenvalue weighted by atomic mass is 10.0. The van der Waals surface area contributed by atoms with Crippen LogP contribution in [0.4, 0.5) is 0 Å². The van der Waals surface area contributed by atoms with Crippen LogP contribution in [0, 0.1) is 0 Å². The molecular formula is C31H42N8O5S. The molecule has 0 fully saturated rings. The number of guanidine groups is 1. The second kappa shape index (κ2) is 17.7. The number of carboxylic acids is 1. The van der Waals surface area contributed by atoms with Crippen LogP contribution in [0.3, 0.4) is 0 Å². The quantitative estimate of drug-likeness (QED) is 0.0554. The van der Waals surface area contributed by atoms with Gasteiger partial charge in [0.25, 0.3) is 0 Å². The van der Waals surface area contributed by atoms with Crippen LogP contribution in [0.5, 0.6) is 0 Å². The first-order chi connectivity index (χ1) is 21.6. The highest BCUT2D eigenvalue weighted by atomic mass is 32.2. The molecule has 0 aliphatic carbocycles. The van der Waals surface area contributed by atoms with Crippen LogP contribution in [0.15, 0.2) is 65.8 Å². The topological polar surface area (TPSA) is 231 Å². The van der Waals surface area contributed by atoms with Gasteiger partial charge in [0.2, 0.25) is 17.7 Å². The molecule has 242 valence electrons. The first kappa shape index (κ1) is 34.9. The Kier molecular flexibility index (Phi) is 13.7. The molecule has 14 heteroatoms. The van der Waals surface area contributed by atoms with E-state index in [2.05, 4.69) is 25.9 Å². The molecule has 1 aromatic heterocycles. The molecule has 3 amide bonds. The van der Waals surface area contributed by atoms with Crippen molar-refractivity contribution in [2.75, 3.05) is 18.6 Å². The summed E-state index contributed by atoms with van der Waals surface area (Å²) in [6, 6.07) is 12.3. The van der Waals surface area contributed by atoms with Crippen LogP contribution in [-0.4, -0.2) is 82.5 Å². The number of benzene rings is 2. The van der Waals surface area contributed by atoms with E-state index in [4.69, 9.17) is 17.2 Å². The monoisotopic (exact) mass is 638 g/mol. The summed E-state index contributed by atoms with van der Waals surface area (Å²) in [5.41, 5.74) is 19.1. The number of aliphatic carboxylic acids is 1. The van der Waals surface area contributed by atoms with Gasteiger partial charge in [0.1, 0.15) is 18.1 Å². The van der Waals surface area contributed by atoms with E-state index in [1.807, 2.05) is 36.6 Å². The fourth-order valence-electron chi connectivity index (χ4n) is 4.76. The van der Waals surface area contributed by atoms with Gasteiger partial charge in [-0.1, -0.05) is 48.5 Å². The molecule has 1 heterocycles. The Morgan fingerprint density at radius 2 is 1.51 bits per heavy atom. The number of nitrogens with one attached hydrogen (secondary N) is 4. The Balaban J connectivity index is 1.75. The second-order valence-corrected chi connectivity index (χ2v) is 11.6. The SMILES string of the molecule is CSCCC(NC(=O)C(N)CCCN=C(N)N)C(=O)NC(Cc1ccccc1)C(=O)NC(Cc1c[nH]c2ccccc12)C(=O)O. The third-order valence-electron chi connectivity index (χ3n) is 7.18. The summed E-state index contributed by atoms with van der Waals surface area (Å²) in [4.78, 5) is 59.3. The maximum Gasteiger partial charge on any atom is 0.326 e. The lowest BCUT2D eigenvalue weighted by molar-refractivity contribution is -0.142. The van der Waals surface area contributed by atoms with Gasteiger partial charge < -0.3 is 43.2 Å². The van der Waals surface area contributed by atoms with Gasteiger partial charge in [-0.3, -0.25) is 19.4 Å². The normalized spacial score (nSPS) is 13.6. The third kappa shape index (κ3) is 11.1. The fourth-order valence-corrected chi connectivity index (χ4v) is 5.23. The molecule has 0 saturated carbocycles. The minimum Gasteiger partial charge on any atom is -0.480 e. The number of para-hydroxylation sites is 1. The number of carboxylic acid groups (broad SMARTS) is 1. The van der Waals surface area contributed by atoms with Gasteiger partial charge >= 0.3 is 5.97 Å². The van der Waals surface area contributed by atoms with Crippen molar-refractivity contribution in [2.45, 2.75) is 56.3 Å². The molecule has 2 aromatic carbocycles. The molecule has 3 aromatic rings. The van der Waals surface area contributed by atoms with Crippen LogP contribution in [0.2, 0.25) is 0 Å². The van der Waals surface area contributed by atoms with Gasteiger partial charge in [-0.05, 0) is 48.5 Å². The minimum absolute atomic E-state index is 0.0323. The minimum atomic E-state index is -1.25. The van der Waals surface area contributed by atoms with Crippen molar-refractivity contribution in [3.05, 3.63) is 71.9 Å². The molecule has 11 N–H and O–H groups in total. The number of H-pyrrole nitrogens is 1. The molecule has 3 rings (SSSR count). The lowest BCUT2D eigenvalue weighted by Crippen LogP contribution is -2.58. The van der Waals surface area contributed by atoms with E-state index in [9.17, 15) is 24.3 Å². The van der Waals surface area contributed by atoms with Crippen LogP contribution < -0.4 is 33.2 Å². The number of rotatable bonds is 18. The molecule has 0 aliphatic rings. The second-order valence-electron chi connectivity index (χ2n) is 10.6. The Bertz CT molecular complexity index is 1460. The molecule has 0 saturated heterocycles. The fraction of sp³-hybridized carbons (Fsp3) is 0.387. The zero-order valence-corrected chi connectivity index (χ0v) is 26.0. The zero-order chi connectivity index (χ0) is 32.8. The Labute approximate surface area is 266 Å². The Hall–Kier alpha value is -4.56. The van der Waals surface area contributed by atoms with E-state index in [0.29, 0.717) is 25.1 Å². The summed E-state index contributed by atoms with van der Waals surface area (Å²) in [7, 11) is 0. The van der Waals surface area contributed by atoms with E-state index >= 15 is 0 Å². The molecule has 45 heavy (non-hydrogen) atoms. The number of fused-ring (bicyclic) bond motifs is 1. The van der Waals surface area contributed by atoms with Crippen LogP contribution in [0.25, 0.3) is 10.9 Å². The smallest absolute Gasteiger partial charge is 0.326 e. The van der Waals surface area contributed by atoms with Crippen molar-refractivity contribution >= 4 is 52.3 Å².